The van der Waals surface area contributed by atoms with Crippen molar-refractivity contribution in [1.29, 1.82) is 0 Å². The van der Waals surface area contributed by atoms with E-state index in [0.717, 1.165) is 88.8 Å². The third-order valence-electron chi connectivity index (χ3n) is 14.6. The number of aromatic nitrogens is 6. The first-order chi connectivity index (χ1) is 35.9. The van der Waals surface area contributed by atoms with E-state index in [0.29, 0.717) is 69.6 Å². The number of carbonyl (C=O) groups excluding carboxylic acids is 5. The Hall–Kier alpha value is -6.86. The number of fused-ring (bicyclic) bond motifs is 1. The number of pyridine rings is 1. The SMILES string of the molecule is CN[C@@H](C)C(=O)N[C@H](C(=O)N1CCC[C@H]1C1=NC(C(=O)c2ccc(F)cc2)CS1)C1CCN(C(=O)CCCCCCCCC(=O)n2cc(-c3cnc4[nH]cc(-c5cnn(Cc6cccc(F)c6)c5)c4c3)cn2)CC1. The van der Waals surface area contributed by atoms with Crippen LogP contribution in [0.2, 0.25) is 0 Å². The Labute approximate surface area is 433 Å². The number of hydrogen-bond donors (Lipinski definition) is 3. The highest BCUT2D eigenvalue weighted by Gasteiger charge is 2.43. The van der Waals surface area contributed by atoms with E-state index in [-0.39, 0.29) is 47.2 Å². The summed E-state index contributed by atoms with van der Waals surface area (Å²) in [6, 6.07) is 11.8. The molecule has 19 heteroatoms. The molecule has 16 nitrogen and oxygen atoms in total. The van der Waals surface area contributed by atoms with Crippen LogP contribution in [0.1, 0.15) is 105 Å². The first kappa shape index (κ1) is 52.0. The largest absolute Gasteiger partial charge is 0.346 e. The van der Waals surface area contributed by atoms with Crippen LogP contribution in [-0.2, 0) is 20.9 Å². The Morgan fingerprint density at radius 1 is 0.811 bits per heavy atom. The Morgan fingerprint density at radius 3 is 2.31 bits per heavy atom. The van der Waals surface area contributed by atoms with Gasteiger partial charge < -0.3 is 25.4 Å². The molecule has 7 heterocycles. The molecular formula is C55H63F2N11O5S. The number of thioether (sulfide) groups is 1. The van der Waals surface area contributed by atoms with Crippen LogP contribution in [-0.4, -0.2) is 130 Å². The maximum absolute atomic E-state index is 14.5. The maximum Gasteiger partial charge on any atom is 0.246 e. The second-order valence-electron chi connectivity index (χ2n) is 19.6. The number of unbranched alkanes of at least 4 members (excludes halogenated alkanes) is 5. The van der Waals surface area contributed by atoms with E-state index in [9.17, 15) is 32.8 Å². The zero-order valence-corrected chi connectivity index (χ0v) is 42.7. The zero-order valence-electron chi connectivity index (χ0n) is 41.9. The first-order valence-electron chi connectivity index (χ1n) is 25.8. The number of likely N-dealkylation sites (N-methyl/N-ethyl adjacent to an activating group) is 1. The predicted molar refractivity (Wildman–Crippen MR) is 281 cm³/mol. The fraction of sp³-hybridized carbons (Fsp3) is 0.436. The number of rotatable bonds is 21. The van der Waals surface area contributed by atoms with E-state index in [1.54, 1.807) is 49.5 Å². The van der Waals surface area contributed by atoms with Crippen molar-refractivity contribution in [2.45, 2.75) is 115 Å². The first-order valence-corrected chi connectivity index (χ1v) is 26.8. The van der Waals surface area contributed by atoms with Gasteiger partial charge in [0.25, 0.3) is 0 Å². The van der Waals surface area contributed by atoms with Crippen LogP contribution in [0.15, 0.2) is 96.8 Å². The van der Waals surface area contributed by atoms with Gasteiger partial charge >= 0.3 is 0 Å². The van der Waals surface area contributed by atoms with Crippen LogP contribution in [0.5, 0.6) is 0 Å². The van der Waals surface area contributed by atoms with Crippen molar-refractivity contribution in [3.05, 3.63) is 115 Å². The van der Waals surface area contributed by atoms with Gasteiger partial charge in [-0.3, -0.25) is 33.6 Å². The molecule has 2 fully saturated rings. The zero-order chi connectivity index (χ0) is 51.7. The van der Waals surface area contributed by atoms with Crippen LogP contribution in [0.4, 0.5) is 8.78 Å². The van der Waals surface area contributed by atoms with E-state index in [4.69, 9.17) is 4.99 Å². The van der Waals surface area contributed by atoms with Crippen LogP contribution >= 0.6 is 11.8 Å². The fourth-order valence-corrected chi connectivity index (χ4v) is 11.4. The molecular weight excluding hydrogens is 965 g/mol. The number of H-pyrrole nitrogens is 1. The number of likely N-dealkylation sites (tertiary alicyclic amines) is 2. The number of halogens is 2. The van der Waals surface area contributed by atoms with Gasteiger partial charge in [0, 0.05) is 96.2 Å². The molecule has 0 saturated carbocycles. The van der Waals surface area contributed by atoms with E-state index < -0.39 is 23.9 Å². The predicted octanol–water partition coefficient (Wildman–Crippen LogP) is 8.10. The van der Waals surface area contributed by atoms with Gasteiger partial charge in [-0.1, -0.05) is 37.8 Å². The van der Waals surface area contributed by atoms with Crippen molar-refractivity contribution in [3.63, 3.8) is 0 Å². The minimum absolute atomic E-state index is 0.0793. The lowest BCUT2D eigenvalue weighted by Gasteiger charge is -2.38. The number of ketones is 1. The molecule has 3 aliphatic heterocycles. The topological polar surface area (TPSA) is 193 Å². The number of Topliss-reactive ketones (excluding diaryl/α,β-unsaturated/α-hetero) is 1. The number of carbonyl (C=O) groups is 5. The summed E-state index contributed by atoms with van der Waals surface area (Å²) in [7, 11) is 1.70. The van der Waals surface area contributed by atoms with Gasteiger partial charge in [0.2, 0.25) is 23.6 Å². The summed E-state index contributed by atoms with van der Waals surface area (Å²) in [6.45, 7) is 3.71. The molecule has 6 aromatic rings. The molecule has 74 heavy (non-hydrogen) atoms. The molecule has 4 atom stereocenters. The summed E-state index contributed by atoms with van der Waals surface area (Å²) < 4.78 is 30.4. The molecule has 388 valence electrons. The lowest BCUT2D eigenvalue weighted by molar-refractivity contribution is -0.139. The van der Waals surface area contributed by atoms with Gasteiger partial charge in [-0.2, -0.15) is 10.2 Å². The van der Waals surface area contributed by atoms with Gasteiger partial charge in [0.15, 0.2) is 5.78 Å². The highest BCUT2D eigenvalue weighted by Crippen LogP contribution is 2.34. The highest BCUT2D eigenvalue weighted by atomic mass is 32.2. The molecule has 0 bridgehead atoms. The second-order valence-corrected chi connectivity index (χ2v) is 20.7. The monoisotopic (exact) mass is 1030 g/mol. The van der Waals surface area contributed by atoms with Crippen molar-refractivity contribution in [3.8, 4) is 22.3 Å². The normalized spacial score (nSPS) is 17.9. The Balaban J connectivity index is 0.693. The molecule has 4 aromatic heterocycles. The van der Waals surface area contributed by atoms with Crippen molar-refractivity contribution >= 4 is 57.3 Å². The third kappa shape index (κ3) is 12.4. The summed E-state index contributed by atoms with van der Waals surface area (Å²) in [6.07, 6.45) is 19.4. The molecule has 0 spiro atoms. The van der Waals surface area contributed by atoms with E-state index >= 15 is 0 Å². The van der Waals surface area contributed by atoms with Crippen LogP contribution < -0.4 is 10.6 Å². The number of aliphatic imine (C=N–C) groups is 1. The van der Waals surface area contributed by atoms with Crippen molar-refractivity contribution in [2.75, 3.05) is 32.4 Å². The number of hydrogen-bond acceptors (Lipinski definition) is 11. The van der Waals surface area contributed by atoms with E-state index in [2.05, 4.69) is 30.8 Å². The Morgan fingerprint density at radius 2 is 1.55 bits per heavy atom. The lowest BCUT2D eigenvalue weighted by atomic mass is 9.87. The van der Waals surface area contributed by atoms with Crippen molar-refractivity contribution in [1.82, 2.24) is 50.0 Å². The molecule has 1 unspecified atom stereocenters. The number of nitrogens with zero attached hydrogens (tertiary/aromatic N) is 8. The molecule has 2 aromatic carbocycles. The minimum atomic E-state index is -0.767. The summed E-state index contributed by atoms with van der Waals surface area (Å²) in [5.41, 5.74) is 5.36. The van der Waals surface area contributed by atoms with E-state index in [1.165, 1.54) is 52.8 Å². The van der Waals surface area contributed by atoms with Gasteiger partial charge in [0.05, 0.1) is 36.1 Å². The highest BCUT2D eigenvalue weighted by molar-refractivity contribution is 8.14. The summed E-state index contributed by atoms with van der Waals surface area (Å²) >= 11 is 1.48. The third-order valence-corrected chi connectivity index (χ3v) is 15.7. The minimum Gasteiger partial charge on any atom is -0.346 e. The number of aromatic amines is 1. The molecule has 3 amide bonds. The van der Waals surface area contributed by atoms with Gasteiger partial charge in [0.1, 0.15) is 29.4 Å². The van der Waals surface area contributed by atoms with E-state index in [1.807, 2.05) is 34.3 Å². The average Bonchev–Trinajstić information content (AvgIpc) is 4.29. The number of piperidine rings is 1. The van der Waals surface area contributed by atoms with Crippen LogP contribution in [0.3, 0.4) is 0 Å². The van der Waals surface area contributed by atoms with Crippen molar-refractivity contribution in [2.24, 2.45) is 10.9 Å². The molecule has 9 rings (SSSR count). The summed E-state index contributed by atoms with van der Waals surface area (Å²) in [4.78, 5) is 83.8. The quantitative estimate of drug-likeness (QED) is 0.0469. The molecule has 0 radical (unpaired) electrons. The van der Waals surface area contributed by atoms with Crippen LogP contribution in [0.25, 0.3) is 33.3 Å². The average molecular weight is 1030 g/mol. The smallest absolute Gasteiger partial charge is 0.246 e. The second kappa shape index (κ2) is 24.0. The Bertz CT molecular complexity index is 3000. The summed E-state index contributed by atoms with van der Waals surface area (Å²) in [5.74, 6) is -1.01. The number of nitrogens with one attached hydrogen (secondary N) is 3. The Kier molecular flexibility index (Phi) is 16.9. The van der Waals surface area contributed by atoms with Crippen molar-refractivity contribution < 1.29 is 32.8 Å². The fourth-order valence-electron chi connectivity index (χ4n) is 10.2. The molecule has 3 aliphatic rings. The molecule has 2 saturated heterocycles. The summed E-state index contributed by atoms with van der Waals surface area (Å²) in [5, 5.41) is 16.5. The van der Waals surface area contributed by atoms with Gasteiger partial charge in [-0.15, -0.1) is 11.8 Å². The van der Waals surface area contributed by atoms with Crippen LogP contribution in [0, 0.1) is 17.6 Å². The molecule has 0 aliphatic carbocycles. The number of amides is 3. The number of benzene rings is 2. The van der Waals surface area contributed by atoms with Gasteiger partial charge in [-0.05, 0) is 106 Å². The molecule has 3 N–H and O–H groups in total. The lowest BCUT2D eigenvalue weighted by Crippen LogP contribution is -2.58. The standard InChI is InChI=1S/C55H63F2N11O5S/c1-35(58-2)53(72)64-50(55(73)67-22-10-13-47(67)54-63-46(34-74-54)51(71)38-16-18-42(56)19-17-38)37-20-23-65(24-21-37)48(69)14-7-5-3-4-6-8-15-49(70)68-33-40(28-62-68)39-26-44-45(30-60-52(44)59-27-39)41-29-61-66(32-41)31-36-11-9-12-43(57)25-36/h9,11-12,16-19,25-30,32-33,35,37,46-47,50,58H,3-8,10,13-15,20-24,31,34H2,1-2H3,(H,59,60)(H,64,72)/t35-,46?,47-,50-/m0/s1. The van der Waals surface area contributed by atoms with Gasteiger partial charge in [-0.25, -0.2) is 18.4 Å². The maximum atomic E-state index is 14.5.